The van der Waals surface area contributed by atoms with Gasteiger partial charge in [-0.2, -0.15) is 0 Å². The van der Waals surface area contributed by atoms with Gasteiger partial charge in [0.1, 0.15) is 24.9 Å². The van der Waals surface area contributed by atoms with Crippen LogP contribution in [0.1, 0.15) is 153 Å². The van der Waals surface area contributed by atoms with Crippen molar-refractivity contribution in [3.05, 3.63) is 59.2 Å². The van der Waals surface area contributed by atoms with E-state index in [-0.39, 0.29) is 50.8 Å². The number of carbonyl (C=O) groups is 7. The SMILES string of the molecule is [2H]CC(C)(C)C(=O)OC[C@H]1OC(Oc2nn(CCOC(=O)C(C)(C)C)c3cccc(CCc4ccc(CCCC(=O)NC(C)(C)C(=O)N5CCN(CCO)CC5)cc4)c23)[C@H](OC(=O)C(C)(C)C[2H])[C@@H](OC(=O)C(C)(C)C[2H])[C@@H]1OC(=O)C(C)(C)C[2H]. The van der Waals surface area contributed by atoms with E-state index in [1.165, 1.54) is 55.4 Å². The lowest BCUT2D eigenvalue weighted by atomic mass is 9.93. The van der Waals surface area contributed by atoms with Crippen LogP contribution in [-0.4, -0.2) is 155 Å². The lowest BCUT2D eigenvalue weighted by Gasteiger charge is -2.45. The first-order valence-electron chi connectivity index (χ1n) is 30.9. The van der Waals surface area contributed by atoms with Crippen LogP contribution in [0, 0.1) is 27.1 Å². The predicted molar refractivity (Wildman–Crippen MR) is 307 cm³/mol. The van der Waals surface area contributed by atoms with Gasteiger partial charge in [0.15, 0.2) is 12.2 Å². The molecule has 2 aromatic carbocycles. The lowest BCUT2D eigenvalue weighted by Crippen LogP contribution is -2.65. The van der Waals surface area contributed by atoms with Crippen LogP contribution in [0.15, 0.2) is 42.5 Å². The van der Waals surface area contributed by atoms with Gasteiger partial charge < -0.3 is 48.5 Å². The fourth-order valence-corrected chi connectivity index (χ4v) is 8.77. The molecule has 0 saturated carbocycles. The number of benzene rings is 2. The average Bonchev–Trinajstić information content (AvgIpc) is 1.44. The minimum Gasteiger partial charge on any atom is -0.463 e. The molecule has 3 aromatic rings. The van der Waals surface area contributed by atoms with Crippen LogP contribution in [0.5, 0.6) is 5.88 Å². The number of fused-ring (bicyclic) bond motifs is 1. The van der Waals surface area contributed by atoms with Crippen molar-refractivity contribution in [1.29, 1.82) is 0 Å². The number of nitrogens with zero attached hydrogens (tertiary/aromatic N) is 4. The molecule has 0 bridgehead atoms. The average molecular weight is 1150 g/mol. The third-order valence-electron chi connectivity index (χ3n) is 13.8. The number of aliphatic hydroxyl groups is 1. The fourth-order valence-electron chi connectivity index (χ4n) is 8.77. The van der Waals surface area contributed by atoms with Gasteiger partial charge in [0.25, 0.3) is 0 Å². The highest BCUT2D eigenvalue weighted by molar-refractivity contribution is 5.91. The Hall–Kier alpha value is -6.12. The molecule has 2 N–H and O–H groups in total. The van der Waals surface area contributed by atoms with Crippen molar-refractivity contribution < 1.29 is 77.3 Å². The minimum atomic E-state index is -1.81. The Labute approximate surface area is 490 Å². The number of hydrogen-bond donors (Lipinski definition) is 2. The van der Waals surface area contributed by atoms with E-state index >= 15 is 0 Å². The summed E-state index contributed by atoms with van der Waals surface area (Å²) >= 11 is 0. The highest BCUT2D eigenvalue weighted by Crippen LogP contribution is 2.38. The predicted octanol–water partition coefficient (Wildman–Crippen LogP) is 7.33. The highest BCUT2D eigenvalue weighted by atomic mass is 16.7. The summed E-state index contributed by atoms with van der Waals surface area (Å²) in [6.45, 7) is 21.0. The van der Waals surface area contributed by atoms with E-state index in [1.807, 2.05) is 36.4 Å². The molecule has 1 aromatic heterocycles. The van der Waals surface area contributed by atoms with Gasteiger partial charge in [-0.15, -0.1) is 5.10 Å². The number of ether oxygens (including phenoxy) is 7. The van der Waals surface area contributed by atoms with Gasteiger partial charge >= 0.3 is 29.8 Å². The monoisotopic (exact) mass is 1150 g/mol. The number of piperazine rings is 1. The quantitative estimate of drug-likeness (QED) is 0.0784. The molecule has 2 aliphatic heterocycles. The fraction of sp³-hybridized carbons (Fsp3) is 0.677. The number of rotatable bonds is 21. The first-order chi connectivity index (χ1) is 40.1. The number of aryl methyl sites for hydroxylation is 3. The third kappa shape index (κ3) is 18.4. The van der Waals surface area contributed by atoms with E-state index in [0.717, 1.165) is 16.7 Å². The molecule has 82 heavy (non-hydrogen) atoms. The zero-order chi connectivity index (χ0) is 64.2. The first-order valence-corrected chi connectivity index (χ1v) is 28.1. The summed E-state index contributed by atoms with van der Waals surface area (Å²) in [4.78, 5) is 99.4. The molecule has 5 rings (SSSR count). The molecule has 456 valence electrons. The number of esters is 5. The second-order valence-corrected chi connectivity index (χ2v) is 25.8. The molecule has 0 radical (unpaired) electrons. The molecule has 2 saturated heterocycles. The normalized spacial score (nSPS) is 20.1. The van der Waals surface area contributed by atoms with E-state index < -0.39 is 120 Å². The Kier molecular flexibility index (Phi) is 20.0. The van der Waals surface area contributed by atoms with Gasteiger partial charge in [0.2, 0.25) is 30.1 Å². The molecule has 5 atom stereocenters. The minimum absolute atomic E-state index is 0.0483. The van der Waals surface area contributed by atoms with Crippen LogP contribution >= 0.6 is 0 Å². The lowest BCUT2D eigenvalue weighted by molar-refractivity contribution is -0.294. The maximum atomic E-state index is 14.2. The highest BCUT2D eigenvalue weighted by Gasteiger charge is 2.56. The summed E-state index contributed by atoms with van der Waals surface area (Å²) in [5.74, 6) is -4.54. The van der Waals surface area contributed by atoms with E-state index in [4.69, 9.17) is 43.7 Å². The smallest absolute Gasteiger partial charge is 0.311 e. The molecular formula is C62H93N5O15. The number of nitrogens with one attached hydrogen (secondary N) is 1. The van der Waals surface area contributed by atoms with Crippen LogP contribution < -0.4 is 10.1 Å². The molecule has 0 aliphatic carbocycles. The molecule has 2 amide bonds. The van der Waals surface area contributed by atoms with E-state index in [2.05, 4.69) is 10.2 Å². The van der Waals surface area contributed by atoms with Gasteiger partial charge in [-0.25, -0.2) is 0 Å². The van der Waals surface area contributed by atoms with Crippen LogP contribution in [0.3, 0.4) is 0 Å². The van der Waals surface area contributed by atoms with Crippen molar-refractivity contribution in [3.63, 3.8) is 0 Å². The van der Waals surface area contributed by atoms with Crippen LogP contribution in [0.4, 0.5) is 0 Å². The molecule has 2 aliphatic rings. The van der Waals surface area contributed by atoms with Crippen molar-refractivity contribution in [2.24, 2.45) is 27.1 Å². The van der Waals surface area contributed by atoms with E-state index in [0.29, 0.717) is 69.3 Å². The van der Waals surface area contributed by atoms with Crippen molar-refractivity contribution in [1.82, 2.24) is 24.9 Å². The van der Waals surface area contributed by atoms with Gasteiger partial charge in [-0.05, 0) is 166 Å². The van der Waals surface area contributed by atoms with Gasteiger partial charge in [0.05, 0.1) is 51.1 Å². The Balaban J connectivity index is 1.51. The second kappa shape index (κ2) is 27.1. The first kappa shape index (κ1) is 60.5. The summed E-state index contributed by atoms with van der Waals surface area (Å²) < 4.78 is 77.6. The molecule has 20 nitrogen and oxygen atoms in total. The Morgan fingerprint density at radius 1 is 0.646 bits per heavy atom. The number of carbonyl (C=O) groups excluding carboxylic acids is 7. The summed E-state index contributed by atoms with van der Waals surface area (Å²) in [6, 6.07) is 13.5. The molecule has 3 heterocycles. The van der Waals surface area contributed by atoms with Crippen molar-refractivity contribution >= 4 is 52.6 Å². The van der Waals surface area contributed by atoms with Crippen LogP contribution in [-0.2, 0) is 87.8 Å². The van der Waals surface area contributed by atoms with Crippen LogP contribution in [0.25, 0.3) is 10.9 Å². The van der Waals surface area contributed by atoms with Gasteiger partial charge in [-0.1, -0.05) is 36.4 Å². The standard InChI is InChI=1S/C62H93N5O15/c1-57(2,3)52(71)76-37-35-67-42-22-19-21-41(29-28-40-26-24-39(25-27-40)20-18-23-44(69)63-62(16,17)51(70)66-32-30-65(31-33-66)34-36-68)45(42)49(64-67)82-50-48(81-56(75)61(13,14)15)47(80-55(74)60(10,11)12)46(79-54(73)59(7,8)9)43(78-50)38-77-53(72)58(4,5)6/h19,21-22,24-27,43,46-48,50,68H,18,20,23,28-38H2,1-17H3,(H,63,69)/t43-,46-,47+,48-,50?/m1/s1/i4D,7D,10D,13D. The van der Waals surface area contributed by atoms with E-state index in [1.54, 1.807) is 50.3 Å². The molecular weight excluding hydrogens is 1050 g/mol. The second-order valence-electron chi connectivity index (χ2n) is 25.8. The summed E-state index contributed by atoms with van der Waals surface area (Å²) in [7, 11) is 0. The largest absolute Gasteiger partial charge is 0.463 e. The molecule has 2 fully saturated rings. The Bertz CT molecular complexity index is 2830. The summed E-state index contributed by atoms with van der Waals surface area (Å²) in [6.07, 6.45) is -6.38. The van der Waals surface area contributed by atoms with Gasteiger partial charge in [-0.3, -0.25) is 43.1 Å². The number of aliphatic hydroxyl groups excluding tert-OH is 1. The Morgan fingerprint density at radius 3 is 1.74 bits per heavy atom. The Morgan fingerprint density at radius 2 is 1.18 bits per heavy atom. The number of amides is 2. The summed E-state index contributed by atoms with van der Waals surface area (Å²) in [5, 5.41) is 17.6. The maximum absolute atomic E-state index is 14.2. The van der Waals surface area contributed by atoms with Crippen molar-refractivity contribution in [2.75, 3.05) is 52.5 Å². The third-order valence-corrected chi connectivity index (χ3v) is 13.8. The zero-order valence-electron chi connectivity index (χ0n) is 54.6. The summed E-state index contributed by atoms with van der Waals surface area (Å²) in [5.41, 5.74) is -4.31. The topological polar surface area (TPSA) is 241 Å². The molecule has 20 heteroatoms. The molecule has 1 unspecified atom stereocenters. The van der Waals surface area contributed by atoms with Crippen molar-refractivity contribution in [2.45, 2.75) is 193 Å². The van der Waals surface area contributed by atoms with Gasteiger partial charge in [0, 0.05) is 44.6 Å². The van der Waals surface area contributed by atoms with E-state index in [9.17, 15) is 38.7 Å². The zero-order valence-corrected chi connectivity index (χ0v) is 50.6. The van der Waals surface area contributed by atoms with Crippen molar-refractivity contribution in [3.8, 4) is 5.88 Å². The number of hydrogen-bond acceptors (Lipinski definition) is 17. The number of aromatic nitrogens is 2. The van der Waals surface area contributed by atoms with Crippen LogP contribution in [0.2, 0.25) is 0 Å². The molecule has 0 spiro atoms. The number of β-amino-alcohol motifs (C(OH)–C–C–N with tert-alkyl or cyclic N) is 1. The maximum Gasteiger partial charge on any atom is 0.311 e.